The minimum atomic E-state index is -0.962. The fraction of sp³-hybridized carbons (Fsp3) is 0.143. The number of para-hydroxylation sites is 1. The molecule has 1 heterocycles. The lowest BCUT2D eigenvalue weighted by Crippen LogP contribution is -2.00. The second-order valence-electron chi connectivity index (χ2n) is 3.76. The predicted molar refractivity (Wildman–Crippen MR) is 73.8 cm³/mol. The van der Waals surface area contributed by atoms with Crippen LogP contribution >= 0.6 is 11.8 Å². The van der Waals surface area contributed by atoms with Crippen LogP contribution in [0.3, 0.4) is 0 Å². The lowest BCUT2D eigenvalue weighted by molar-refractivity contribution is 0.0692. The fourth-order valence-electron chi connectivity index (χ4n) is 1.64. The number of hydrogen-bond donors (Lipinski definition) is 1. The molecule has 5 heteroatoms. The van der Waals surface area contributed by atoms with Gasteiger partial charge in [0.2, 0.25) is 0 Å². The van der Waals surface area contributed by atoms with Crippen molar-refractivity contribution in [3.8, 4) is 5.75 Å². The van der Waals surface area contributed by atoms with E-state index in [0.29, 0.717) is 10.8 Å². The van der Waals surface area contributed by atoms with Crippen molar-refractivity contribution >= 4 is 17.7 Å². The minimum Gasteiger partial charge on any atom is -0.496 e. The summed E-state index contributed by atoms with van der Waals surface area (Å²) in [6.07, 6.45) is 1.59. The van der Waals surface area contributed by atoms with E-state index in [1.807, 2.05) is 24.3 Å². The highest BCUT2D eigenvalue weighted by atomic mass is 32.2. The van der Waals surface area contributed by atoms with Crippen molar-refractivity contribution in [1.82, 2.24) is 4.98 Å². The zero-order valence-electron chi connectivity index (χ0n) is 10.4. The summed E-state index contributed by atoms with van der Waals surface area (Å²) in [5, 5.41) is 9.60. The molecule has 4 nitrogen and oxygen atoms in total. The lowest BCUT2D eigenvalue weighted by atomic mass is 10.2. The van der Waals surface area contributed by atoms with Crippen LogP contribution in [0.15, 0.2) is 47.6 Å². The molecule has 1 aromatic heterocycles. The van der Waals surface area contributed by atoms with E-state index in [0.717, 1.165) is 11.3 Å². The SMILES string of the molecule is COc1ccccc1CSc1ncccc1C(=O)O. The summed E-state index contributed by atoms with van der Waals surface area (Å²) in [5.74, 6) is 0.444. The van der Waals surface area contributed by atoms with Crippen LogP contribution in [0.2, 0.25) is 0 Å². The number of pyridine rings is 1. The third kappa shape index (κ3) is 3.26. The van der Waals surface area contributed by atoms with Crippen LogP contribution in [0.5, 0.6) is 5.75 Å². The van der Waals surface area contributed by atoms with Gasteiger partial charge in [-0.3, -0.25) is 0 Å². The first-order chi connectivity index (χ1) is 9.22. The number of rotatable bonds is 5. The zero-order valence-corrected chi connectivity index (χ0v) is 11.2. The Labute approximate surface area is 115 Å². The van der Waals surface area contributed by atoms with Gasteiger partial charge in [-0.1, -0.05) is 18.2 Å². The number of nitrogens with zero attached hydrogens (tertiary/aromatic N) is 1. The molecule has 2 aromatic rings. The third-order valence-electron chi connectivity index (χ3n) is 2.56. The summed E-state index contributed by atoms with van der Waals surface area (Å²) in [5.41, 5.74) is 1.24. The van der Waals surface area contributed by atoms with E-state index >= 15 is 0 Å². The zero-order chi connectivity index (χ0) is 13.7. The van der Waals surface area contributed by atoms with Crippen LogP contribution < -0.4 is 4.74 Å². The van der Waals surface area contributed by atoms with E-state index in [1.165, 1.54) is 11.8 Å². The molecule has 0 unspecified atom stereocenters. The van der Waals surface area contributed by atoms with Gasteiger partial charge in [0.1, 0.15) is 10.8 Å². The molecule has 0 fully saturated rings. The largest absolute Gasteiger partial charge is 0.496 e. The molecule has 0 amide bonds. The molecule has 0 radical (unpaired) electrons. The van der Waals surface area contributed by atoms with Crippen molar-refractivity contribution in [2.75, 3.05) is 7.11 Å². The van der Waals surface area contributed by atoms with Crippen molar-refractivity contribution in [3.05, 3.63) is 53.7 Å². The van der Waals surface area contributed by atoms with Gasteiger partial charge < -0.3 is 9.84 Å². The summed E-state index contributed by atoms with van der Waals surface area (Å²) in [6, 6.07) is 10.8. The van der Waals surface area contributed by atoms with Crippen molar-refractivity contribution in [1.29, 1.82) is 0 Å². The van der Waals surface area contributed by atoms with Crippen molar-refractivity contribution < 1.29 is 14.6 Å². The molecule has 0 atom stereocenters. The molecular formula is C14H13NO3S. The molecule has 0 spiro atoms. The topological polar surface area (TPSA) is 59.4 Å². The third-order valence-corrected chi connectivity index (χ3v) is 3.61. The molecule has 0 saturated carbocycles. The van der Waals surface area contributed by atoms with E-state index < -0.39 is 5.97 Å². The number of benzene rings is 1. The van der Waals surface area contributed by atoms with Crippen molar-refractivity contribution in [3.63, 3.8) is 0 Å². The number of carboxylic acids is 1. The number of hydrogen-bond acceptors (Lipinski definition) is 4. The summed E-state index contributed by atoms with van der Waals surface area (Å²) >= 11 is 1.39. The van der Waals surface area contributed by atoms with Gasteiger partial charge in [-0.05, 0) is 18.2 Å². The first kappa shape index (κ1) is 13.4. The van der Waals surface area contributed by atoms with Crippen LogP contribution in [0.1, 0.15) is 15.9 Å². The molecule has 0 aliphatic heterocycles. The van der Waals surface area contributed by atoms with Crippen molar-refractivity contribution in [2.24, 2.45) is 0 Å². The average molecular weight is 275 g/mol. The van der Waals surface area contributed by atoms with E-state index in [4.69, 9.17) is 9.84 Å². The molecular weight excluding hydrogens is 262 g/mol. The number of aromatic nitrogens is 1. The Hall–Kier alpha value is -2.01. The maximum absolute atomic E-state index is 11.1. The van der Waals surface area contributed by atoms with Crippen LogP contribution in [0, 0.1) is 0 Å². The standard InChI is InChI=1S/C14H13NO3S/c1-18-12-7-3-2-5-10(12)9-19-13-11(14(16)17)6-4-8-15-13/h2-8H,9H2,1H3,(H,16,17). The number of methoxy groups -OCH3 is 1. The van der Waals surface area contributed by atoms with E-state index in [9.17, 15) is 4.79 Å². The first-order valence-electron chi connectivity index (χ1n) is 5.65. The molecule has 0 aliphatic carbocycles. The number of aromatic carboxylic acids is 1. The van der Waals surface area contributed by atoms with Gasteiger partial charge in [-0.15, -0.1) is 11.8 Å². The summed E-state index contributed by atoms with van der Waals surface area (Å²) < 4.78 is 5.26. The highest BCUT2D eigenvalue weighted by molar-refractivity contribution is 7.98. The monoisotopic (exact) mass is 275 g/mol. The Balaban J connectivity index is 2.17. The Kier molecular flexibility index (Phi) is 4.41. The van der Waals surface area contributed by atoms with Crippen LogP contribution in [0.25, 0.3) is 0 Å². The number of ether oxygens (including phenoxy) is 1. The molecule has 98 valence electrons. The number of carboxylic acid groups (broad SMARTS) is 1. The van der Waals surface area contributed by atoms with Gasteiger partial charge in [0.15, 0.2) is 0 Å². The highest BCUT2D eigenvalue weighted by Crippen LogP contribution is 2.28. The van der Waals surface area contributed by atoms with Crippen LogP contribution in [-0.2, 0) is 5.75 Å². The highest BCUT2D eigenvalue weighted by Gasteiger charge is 2.12. The van der Waals surface area contributed by atoms with Gasteiger partial charge in [0.05, 0.1) is 12.7 Å². The normalized spacial score (nSPS) is 10.2. The van der Waals surface area contributed by atoms with Gasteiger partial charge >= 0.3 is 5.97 Å². The molecule has 2 rings (SSSR count). The Morgan fingerprint density at radius 3 is 2.84 bits per heavy atom. The van der Waals surface area contributed by atoms with Gasteiger partial charge in [0.25, 0.3) is 0 Å². The van der Waals surface area contributed by atoms with Crippen LogP contribution in [-0.4, -0.2) is 23.2 Å². The van der Waals surface area contributed by atoms with Gasteiger partial charge in [-0.25, -0.2) is 9.78 Å². The Morgan fingerprint density at radius 2 is 2.11 bits per heavy atom. The summed E-state index contributed by atoms with van der Waals surface area (Å²) in [4.78, 5) is 15.2. The molecule has 0 bridgehead atoms. The first-order valence-corrected chi connectivity index (χ1v) is 6.64. The number of thioether (sulfide) groups is 1. The van der Waals surface area contributed by atoms with Crippen LogP contribution in [0.4, 0.5) is 0 Å². The maximum Gasteiger partial charge on any atom is 0.338 e. The minimum absolute atomic E-state index is 0.224. The smallest absolute Gasteiger partial charge is 0.338 e. The second-order valence-corrected chi connectivity index (χ2v) is 4.73. The predicted octanol–water partition coefficient (Wildman–Crippen LogP) is 3.08. The van der Waals surface area contributed by atoms with E-state index in [2.05, 4.69) is 4.98 Å². The summed E-state index contributed by atoms with van der Waals surface area (Å²) in [7, 11) is 1.62. The van der Waals surface area contributed by atoms with E-state index in [-0.39, 0.29) is 5.56 Å². The van der Waals surface area contributed by atoms with Gasteiger partial charge in [0, 0.05) is 17.5 Å². The molecule has 0 saturated heterocycles. The Bertz CT molecular complexity index is 586. The summed E-state index contributed by atoms with van der Waals surface area (Å²) in [6.45, 7) is 0. The number of carbonyl (C=O) groups is 1. The average Bonchev–Trinajstić information content (AvgIpc) is 2.45. The second kappa shape index (κ2) is 6.24. The Morgan fingerprint density at radius 1 is 1.32 bits per heavy atom. The fourth-order valence-corrected chi connectivity index (χ4v) is 2.61. The molecule has 1 N–H and O–H groups in total. The quantitative estimate of drug-likeness (QED) is 0.850. The molecule has 0 aliphatic rings. The van der Waals surface area contributed by atoms with E-state index in [1.54, 1.807) is 25.4 Å². The lowest BCUT2D eigenvalue weighted by Gasteiger charge is -2.08. The molecule has 19 heavy (non-hydrogen) atoms. The molecule has 1 aromatic carbocycles. The van der Waals surface area contributed by atoms with Gasteiger partial charge in [-0.2, -0.15) is 0 Å². The van der Waals surface area contributed by atoms with Crippen molar-refractivity contribution in [2.45, 2.75) is 10.8 Å². The maximum atomic E-state index is 11.1.